The van der Waals surface area contributed by atoms with Gasteiger partial charge in [-0.15, -0.1) is 0 Å². The molecular formula is C10H22N2O4S2. The van der Waals surface area contributed by atoms with Gasteiger partial charge in [-0.25, -0.2) is 21.1 Å². The fourth-order valence-corrected chi connectivity index (χ4v) is 5.10. The molecule has 0 aromatic heterocycles. The molecule has 1 saturated carbocycles. The third kappa shape index (κ3) is 4.83. The van der Waals surface area contributed by atoms with Gasteiger partial charge in [-0.2, -0.15) is 0 Å². The topological polar surface area (TPSA) is 97.5 Å². The molecule has 18 heavy (non-hydrogen) atoms. The molecule has 0 spiro atoms. The molecule has 0 radical (unpaired) electrons. The molecule has 0 heterocycles. The molecule has 108 valence electrons. The SMILES string of the molecule is CN(C1CCC(N)CC1)S(=O)(=O)CCS(C)(=O)=O. The van der Waals surface area contributed by atoms with Crippen molar-refractivity contribution < 1.29 is 16.8 Å². The third-order valence-corrected chi connectivity index (χ3v) is 6.51. The molecule has 0 aliphatic heterocycles. The predicted molar refractivity (Wildman–Crippen MR) is 71.5 cm³/mol. The van der Waals surface area contributed by atoms with E-state index in [0.29, 0.717) is 0 Å². The zero-order chi connectivity index (χ0) is 14.0. The summed E-state index contributed by atoms with van der Waals surface area (Å²) in [6.07, 6.45) is 4.17. The lowest BCUT2D eigenvalue weighted by Crippen LogP contribution is -2.43. The summed E-state index contributed by atoms with van der Waals surface area (Å²) in [6, 6.07) is 0.114. The number of nitrogens with two attached hydrogens (primary N) is 1. The summed E-state index contributed by atoms with van der Waals surface area (Å²) in [4.78, 5) is 0. The summed E-state index contributed by atoms with van der Waals surface area (Å²) in [7, 11) is -5.23. The van der Waals surface area contributed by atoms with Crippen LogP contribution in [-0.4, -0.2) is 58.0 Å². The summed E-state index contributed by atoms with van der Waals surface area (Å²) in [5, 5.41) is 0. The number of rotatable bonds is 5. The van der Waals surface area contributed by atoms with Crippen molar-refractivity contribution in [1.82, 2.24) is 4.31 Å². The van der Waals surface area contributed by atoms with Gasteiger partial charge in [0.1, 0.15) is 9.84 Å². The Kier molecular flexibility index (Phi) is 5.16. The van der Waals surface area contributed by atoms with Gasteiger partial charge in [-0.05, 0) is 25.7 Å². The van der Waals surface area contributed by atoms with E-state index in [-0.39, 0.29) is 23.6 Å². The Morgan fingerprint density at radius 2 is 1.56 bits per heavy atom. The minimum Gasteiger partial charge on any atom is -0.328 e. The number of nitrogens with zero attached hydrogens (tertiary/aromatic N) is 1. The van der Waals surface area contributed by atoms with Crippen LogP contribution in [0.1, 0.15) is 25.7 Å². The molecule has 0 saturated heterocycles. The van der Waals surface area contributed by atoms with Gasteiger partial charge >= 0.3 is 0 Å². The third-order valence-electron chi connectivity index (χ3n) is 3.41. The van der Waals surface area contributed by atoms with Gasteiger partial charge in [-0.1, -0.05) is 0 Å². The second kappa shape index (κ2) is 5.85. The van der Waals surface area contributed by atoms with Crippen LogP contribution >= 0.6 is 0 Å². The van der Waals surface area contributed by atoms with Gasteiger partial charge in [0.25, 0.3) is 0 Å². The molecule has 2 N–H and O–H groups in total. The smallest absolute Gasteiger partial charge is 0.215 e. The van der Waals surface area contributed by atoms with Crippen LogP contribution in [0.25, 0.3) is 0 Å². The van der Waals surface area contributed by atoms with E-state index in [1.165, 1.54) is 11.4 Å². The Morgan fingerprint density at radius 3 is 2.00 bits per heavy atom. The van der Waals surface area contributed by atoms with Crippen molar-refractivity contribution in [2.75, 3.05) is 24.8 Å². The molecule has 0 aromatic carbocycles. The van der Waals surface area contributed by atoms with E-state index in [1.807, 2.05) is 0 Å². The highest BCUT2D eigenvalue weighted by Gasteiger charge is 2.29. The van der Waals surface area contributed by atoms with Crippen LogP contribution < -0.4 is 5.73 Å². The largest absolute Gasteiger partial charge is 0.328 e. The summed E-state index contributed by atoms with van der Waals surface area (Å²) in [6.45, 7) is 0. The van der Waals surface area contributed by atoms with Crippen molar-refractivity contribution in [2.24, 2.45) is 5.73 Å². The Morgan fingerprint density at radius 1 is 1.06 bits per heavy atom. The van der Waals surface area contributed by atoms with Crippen molar-refractivity contribution in [3.8, 4) is 0 Å². The zero-order valence-corrected chi connectivity index (χ0v) is 12.5. The summed E-state index contributed by atoms with van der Waals surface area (Å²) in [5.41, 5.74) is 5.77. The Balaban J connectivity index is 2.62. The molecule has 1 aliphatic rings. The molecule has 0 bridgehead atoms. The molecule has 0 aromatic rings. The lowest BCUT2D eigenvalue weighted by molar-refractivity contribution is 0.269. The van der Waals surface area contributed by atoms with Crippen LogP contribution in [0.4, 0.5) is 0 Å². The van der Waals surface area contributed by atoms with Crippen LogP contribution in [0.2, 0.25) is 0 Å². The molecule has 6 nitrogen and oxygen atoms in total. The van der Waals surface area contributed by atoms with Gasteiger partial charge in [0, 0.05) is 25.4 Å². The second-order valence-electron chi connectivity index (χ2n) is 5.03. The van der Waals surface area contributed by atoms with Gasteiger partial charge in [0.05, 0.1) is 11.5 Å². The molecule has 0 unspecified atom stereocenters. The van der Waals surface area contributed by atoms with Gasteiger partial charge in [0.15, 0.2) is 0 Å². The van der Waals surface area contributed by atoms with Crippen LogP contribution in [0.5, 0.6) is 0 Å². The number of hydrogen-bond acceptors (Lipinski definition) is 5. The second-order valence-corrected chi connectivity index (χ2v) is 9.44. The van der Waals surface area contributed by atoms with E-state index >= 15 is 0 Å². The molecule has 1 rings (SSSR count). The highest BCUT2D eigenvalue weighted by Crippen LogP contribution is 2.23. The van der Waals surface area contributed by atoms with Crippen LogP contribution in [0.3, 0.4) is 0 Å². The summed E-state index contributed by atoms with van der Waals surface area (Å²) in [5.74, 6) is -0.670. The summed E-state index contributed by atoms with van der Waals surface area (Å²) < 4.78 is 47.3. The van der Waals surface area contributed by atoms with E-state index in [9.17, 15) is 16.8 Å². The monoisotopic (exact) mass is 298 g/mol. The zero-order valence-electron chi connectivity index (χ0n) is 10.9. The van der Waals surface area contributed by atoms with Crippen LogP contribution in [-0.2, 0) is 19.9 Å². The first-order chi connectivity index (χ1) is 8.12. The maximum atomic E-state index is 12.0. The molecule has 1 aliphatic carbocycles. The van der Waals surface area contributed by atoms with Crippen molar-refractivity contribution in [1.29, 1.82) is 0 Å². The molecule has 1 fully saturated rings. The normalized spacial score (nSPS) is 26.4. The Bertz CT molecular complexity index is 464. The van der Waals surface area contributed by atoms with Crippen LogP contribution in [0, 0.1) is 0 Å². The van der Waals surface area contributed by atoms with Gasteiger partial charge in [-0.3, -0.25) is 0 Å². The molecule has 0 amide bonds. The maximum Gasteiger partial charge on any atom is 0.215 e. The van der Waals surface area contributed by atoms with Gasteiger partial charge in [0.2, 0.25) is 10.0 Å². The molecular weight excluding hydrogens is 276 g/mol. The first-order valence-corrected chi connectivity index (χ1v) is 9.68. The number of sulfonamides is 1. The van der Waals surface area contributed by atoms with Gasteiger partial charge < -0.3 is 5.73 Å². The number of sulfone groups is 1. The van der Waals surface area contributed by atoms with E-state index < -0.39 is 19.9 Å². The van der Waals surface area contributed by atoms with E-state index in [1.54, 1.807) is 0 Å². The lowest BCUT2D eigenvalue weighted by Gasteiger charge is -2.32. The van der Waals surface area contributed by atoms with Crippen LogP contribution in [0.15, 0.2) is 0 Å². The average Bonchev–Trinajstić information content (AvgIpc) is 2.26. The highest BCUT2D eigenvalue weighted by atomic mass is 32.2. The average molecular weight is 298 g/mol. The quantitative estimate of drug-likeness (QED) is 0.742. The van der Waals surface area contributed by atoms with E-state index in [4.69, 9.17) is 5.73 Å². The lowest BCUT2D eigenvalue weighted by atomic mass is 9.92. The van der Waals surface area contributed by atoms with E-state index in [2.05, 4.69) is 0 Å². The fourth-order valence-electron chi connectivity index (χ4n) is 2.09. The van der Waals surface area contributed by atoms with Crippen molar-refractivity contribution >= 4 is 19.9 Å². The highest BCUT2D eigenvalue weighted by molar-refractivity contribution is 7.93. The Labute approximate surface area is 110 Å². The fraction of sp³-hybridized carbons (Fsp3) is 1.00. The first kappa shape index (κ1) is 15.9. The predicted octanol–water partition coefficient (Wildman–Crippen LogP) is -0.437. The summed E-state index contributed by atoms with van der Waals surface area (Å²) >= 11 is 0. The Hall–Kier alpha value is -0.180. The maximum absolute atomic E-state index is 12.0. The molecule has 8 heteroatoms. The van der Waals surface area contributed by atoms with E-state index in [0.717, 1.165) is 31.9 Å². The first-order valence-electron chi connectivity index (χ1n) is 6.01. The number of hydrogen-bond donors (Lipinski definition) is 1. The van der Waals surface area contributed by atoms with Crippen molar-refractivity contribution in [3.63, 3.8) is 0 Å². The standard InChI is InChI=1S/C10H22N2O4S2/c1-12(10-5-3-9(11)4-6-10)18(15,16)8-7-17(2,13)14/h9-10H,3-8,11H2,1-2H3. The minimum absolute atomic E-state index is 0.0469. The molecule has 0 atom stereocenters. The van der Waals surface area contributed by atoms with Crippen molar-refractivity contribution in [2.45, 2.75) is 37.8 Å². The minimum atomic E-state index is -3.50. The van der Waals surface area contributed by atoms with Crippen molar-refractivity contribution in [3.05, 3.63) is 0 Å².